The summed E-state index contributed by atoms with van der Waals surface area (Å²) in [5.74, 6) is 1.87. The highest BCUT2D eigenvalue weighted by molar-refractivity contribution is 14.0. The van der Waals surface area contributed by atoms with E-state index in [1.54, 1.807) is 7.11 Å². The minimum atomic E-state index is 0. The molecule has 1 aromatic rings. The number of benzene rings is 1. The predicted octanol–water partition coefficient (Wildman–Crippen LogP) is 3.00. The molecule has 2 N–H and O–H groups in total. The van der Waals surface area contributed by atoms with E-state index in [1.807, 2.05) is 13.1 Å². The number of aliphatic imine (C=N–C) groups is 1. The van der Waals surface area contributed by atoms with Crippen LogP contribution >= 0.6 is 24.0 Å². The van der Waals surface area contributed by atoms with E-state index in [1.165, 1.54) is 37.8 Å². The summed E-state index contributed by atoms with van der Waals surface area (Å²) < 4.78 is 5.35. The molecule has 134 valence electrons. The molecule has 1 saturated carbocycles. The highest BCUT2D eigenvalue weighted by Crippen LogP contribution is 2.24. The van der Waals surface area contributed by atoms with Gasteiger partial charge in [-0.1, -0.05) is 6.07 Å². The highest BCUT2D eigenvalue weighted by atomic mass is 127. The minimum Gasteiger partial charge on any atom is -0.497 e. The molecule has 1 unspecified atom stereocenters. The number of piperidine rings is 1. The van der Waals surface area contributed by atoms with Crippen LogP contribution in [-0.2, 0) is 0 Å². The average Bonchev–Trinajstić information content (AvgIpc) is 2.57. The second kappa shape index (κ2) is 9.34. The average molecular weight is 444 g/mol. The fourth-order valence-electron chi connectivity index (χ4n) is 3.25. The predicted molar refractivity (Wildman–Crippen MR) is 111 cm³/mol. The number of anilines is 1. The van der Waals surface area contributed by atoms with Crippen LogP contribution in [0.3, 0.4) is 0 Å². The first-order chi connectivity index (χ1) is 11.3. The van der Waals surface area contributed by atoms with Crippen molar-refractivity contribution in [3.05, 3.63) is 24.3 Å². The maximum absolute atomic E-state index is 5.35. The van der Waals surface area contributed by atoms with Gasteiger partial charge in [0.15, 0.2) is 5.96 Å². The number of rotatable bonds is 4. The molecule has 1 aliphatic heterocycles. The maximum Gasteiger partial charge on any atom is 0.191 e. The Hall–Kier alpha value is -1.18. The molecule has 3 rings (SSSR count). The van der Waals surface area contributed by atoms with Crippen LogP contribution in [0.25, 0.3) is 0 Å². The molecule has 0 radical (unpaired) electrons. The largest absolute Gasteiger partial charge is 0.497 e. The summed E-state index contributed by atoms with van der Waals surface area (Å²) in [5, 5.41) is 7.12. The molecule has 1 atom stereocenters. The zero-order valence-corrected chi connectivity index (χ0v) is 17.0. The zero-order chi connectivity index (χ0) is 16.1. The quantitative estimate of drug-likeness (QED) is 0.426. The van der Waals surface area contributed by atoms with E-state index in [2.05, 4.69) is 38.7 Å². The number of nitrogens with one attached hydrogen (secondary N) is 2. The molecular weight excluding hydrogens is 415 g/mol. The lowest BCUT2D eigenvalue weighted by atomic mass is 9.93. The van der Waals surface area contributed by atoms with Gasteiger partial charge in [-0.3, -0.25) is 4.99 Å². The second-order valence-electron chi connectivity index (χ2n) is 6.48. The van der Waals surface area contributed by atoms with Crippen molar-refractivity contribution in [3.63, 3.8) is 0 Å². The van der Waals surface area contributed by atoms with E-state index < -0.39 is 0 Å². The van der Waals surface area contributed by atoms with Crippen molar-refractivity contribution in [2.24, 2.45) is 4.99 Å². The van der Waals surface area contributed by atoms with Crippen LogP contribution < -0.4 is 20.3 Å². The highest BCUT2D eigenvalue weighted by Gasteiger charge is 2.23. The summed E-state index contributed by atoms with van der Waals surface area (Å²) in [6.07, 6.45) is 6.24. The first kappa shape index (κ1) is 19.1. The molecule has 0 bridgehead atoms. The number of halogens is 1. The number of hydrogen-bond acceptors (Lipinski definition) is 3. The van der Waals surface area contributed by atoms with E-state index in [0.29, 0.717) is 12.1 Å². The van der Waals surface area contributed by atoms with Crippen molar-refractivity contribution < 1.29 is 4.74 Å². The van der Waals surface area contributed by atoms with Crippen LogP contribution in [0.5, 0.6) is 5.75 Å². The Labute approximate surface area is 162 Å². The van der Waals surface area contributed by atoms with Gasteiger partial charge in [0, 0.05) is 44.0 Å². The van der Waals surface area contributed by atoms with E-state index >= 15 is 0 Å². The van der Waals surface area contributed by atoms with Crippen LogP contribution in [0.2, 0.25) is 0 Å². The van der Waals surface area contributed by atoms with Gasteiger partial charge in [-0.25, -0.2) is 0 Å². The minimum absolute atomic E-state index is 0. The van der Waals surface area contributed by atoms with Gasteiger partial charge in [0.1, 0.15) is 5.75 Å². The summed E-state index contributed by atoms with van der Waals surface area (Å²) in [5.41, 5.74) is 1.23. The molecule has 2 aliphatic rings. The molecule has 0 amide bonds. The molecule has 2 fully saturated rings. The SMILES string of the molecule is CN=C(NC1CCC1)NC1CCCN(c2cccc(OC)c2)C1.I. The van der Waals surface area contributed by atoms with Crippen LogP contribution in [-0.4, -0.2) is 45.3 Å². The molecule has 6 heteroatoms. The molecule has 0 spiro atoms. The first-order valence-corrected chi connectivity index (χ1v) is 8.67. The third-order valence-corrected chi connectivity index (χ3v) is 4.85. The molecule has 5 nitrogen and oxygen atoms in total. The Kier molecular flexibility index (Phi) is 7.45. The number of methoxy groups -OCH3 is 1. The molecule has 1 heterocycles. The van der Waals surface area contributed by atoms with Crippen molar-refractivity contribution >= 4 is 35.6 Å². The van der Waals surface area contributed by atoms with Crippen molar-refractivity contribution in [2.45, 2.75) is 44.2 Å². The number of nitrogens with zero attached hydrogens (tertiary/aromatic N) is 2. The smallest absolute Gasteiger partial charge is 0.191 e. The monoisotopic (exact) mass is 444 g/mol. The molecule has 1 aliphatic carbocycles. The lowest BCUT2D eigenvalue weighted by Gasteiger charge is -2.36. The van der Waals surface area contributed by atoms with Gasteiger partial charge in [0.25, 0.3) is 0 Å². The van der Waals surface area contributed by atoms with Crippen molar-refractivity contribution in [1.29, 1.82) is 0 Å². The molecule has 1 saturated heterocycles. The van der Waals surface area contributed by atoms with Gasteiger partial charge in [-0.15, -0.1) is 24.0 Å². The third-order valence-electron chi connectivity index (χ3n) is 4.85. The van der Waals surface area contributed by atoms with E-state index in [0.717, 1.165) is 24.8 Å². The topological polar surface area (TPSA) is 48.9 Å². The molecule has 1 aromatic carbocycles. The number of guanidine groups is 1. The van der Waals surface area contributed by atoms with Crippen molar-refractivity contribution in [3.8, 4) is 5.75 Å². The van der Waals surface area contributed by atoms with Gasteiger partial charge < -0.3 is 20.3 Å². The molecular formula is C18H29IN4O. The third kappa shape index (κ3) is 4.91. The summed E-state index contributed by atoms with van der Waals surface area (Å²) >= 11 is 0. The van der Waals surface area contributed by atoms with Gasteiger partial charge in [-0.2, -0.15) is 0 Å². The Morgan fingerprint density at radius 1 is 1.17 bits per heavy atom. The number of ether oxygens (including phenoxy) is 1. The lowest BCUT2D eigenvalue weighted by molar-refractivity contribution is 0.374. The zero-order valence-electron chi connectivity index (χ0n) is 14.6. The van der Waals surface area contributed by atoms with Crippen molar-refractivity contribution in [1.82, 2.24) is 10.6 Å². The maximum atomic E-state index is 5.35. The summed E-state index contributed by atoms with van der Waals surface area (Å²) in [6.45, 7) is 2.10. The van der Waals surface area contributed by atoms with Gasteiger partial charge >= 0.3 is 0 Å². The molecule has 0 aromatic heterocycles. The van der Waals surface area contributed by atoms with E-state index in [4.69, 9.17) is 4.74 Å². The van der Waals surface area contributed by atoms with Crippen LogP contribution in [0, 0.1) is 0 Å². The van der Waals surface area contributed by atoms with E-state index in [9.17, 15) is 0 Å². The summed E-state index contributed by atoms with van der Waals surface area (Å²) in [4.78, 5) is 6.82. The van der Waals surface area contributed by atoms with Gasteiger partial charge in [-0.05, 0) is 44.2 Å². The Morgan fingerprint density at radius 2 is 1.92 bits per heavy atom. The standard InChI is InChI=1S/C18H28N4O.HI/c1-19-18(20-14-6-3-7-14)21-15-8-5-11-22(13-15)16-9-4-10-17(12-16)23-2;/h4,9-10,12,14-15H,3,5-8,11,13H2,1-2H3,(H2,19,20,21);1H. The fourth-order valence-corrected chi connectivity index (χ4v) is 3.25. The van der Waals surface area contributed by atoms with Crippen LogP contribution in [0.15, 0.2) is 29.3 Å². The Bertz CT molecular complexity index is 548. The fraction of sp³-hybridized carbons (Fsp3) is 0.611. The van der Waals surface area contributed by atoms with Crippen molar-refractivity contribution in [2.75, 3.05) is 32.1 Å². The Balaban J connectivity index is 0.00000208. The first-order valence-electron chi connectivity index (χ1n) is 8.67. The van der Waals surface area contributed by atoms with Gasteiger partial charge in [0.05, 0.1) is 7.11 Å². The lowest BCUT2D eigenvalue weighted by Crippen LogP contribution is -2.54. The molecule has 24 heavy (non-hydrogen) atoms. The normalized spacial score (nSPS) is 21.5. The van der Waals surface area contributed by atoms with Crippen LogP contribution in [0.4, 0.5) is 5.69 Å². The van der Waals surface area contributed by atoms with E-state index in [-0.39, 0.29) is 24.0 Å². The summed E-state index contributed by atoms with van der Waals surface area (Å²) in [6, 6.07) is 9.37. The summed E-state index contributed by atoms with van der Waals surface area (Å²) in [7, 11) is 3.58. The Morgan fingerprint density at radius 3 is 2.58 bits per heavy atom. The van der Waals surface area contributed by atoms with Crippen LogP contribution in [0.1, 0.15) is 32.1 Å². The van der Waals surface area contributed by atoms with Gasteiger partial charge in [0.2, 0.25) is 0 Å². The second-order valence-corrected chi connectivity index (χ2v) is 6.48. The number of hydrogen-bond donors (Lipinski definition) is 2.